The average molecular weight is 270 g/mol. The predicted molar refractivity (Wildman–Crippen MR) is 78.7 cm³/mol. The Kier molecular flexibility index (Phi) is 4.41. The van der Waals surface area contributed by atoms with Gasteiger partial charge in [0.1, 0.15) is 11.5 Å². The second-order valence-electron chi connectivity index (χ2n) is 4.68. The molecule has 0 saturated heterocycles. The maximum atomic E-state index is 12.2. The highest BCUT2D eigenvalue weighted by atomic mass is 16.5. The molecule has 3 nitrogen and oxygen atoms in total. The Morgan fingerprint density at radius 1 is 1.05 bits per heavy atom. The summed E-state index contributed by atoms with van der Waals surface area (Å²) in [7, 11) is 1.56. The number of ether oxygens (including phenoxy) is 2. The van der Waals surface area contributed by atoms with Gasteiger partial charge in [-0.15, -0.1) is 0 Å². The zero-order chi connectivity index (χ0) is 14.5. The van der Waals surface area contributed by atoms with Crippen LogP contribution in [0.4, 0.5) is 0 Å². The van der Waals surface area contributed by atoms with Gasteiger partial charge in [0.25, 0.3) is 0 Å². The van der Waals surface area contributed by atoms with Crippen molar-refractivity contribution in [2.75, 3.05) is 13.7 Å². The van der Waals surface area contributed by atoms with Crippen LogP contribution in [-0.2, 0) is 0 Å². The number of carbonyl (C=O) groups is 1. The molecule has 0 aromatic heterocycles. The first-order valence-corrected chi connectivity index (χ1v) is 6.48. The van der Waals surface area contributed by atoms with Crippen LogP contribution in [0.15, 0.2) is 42.5 Å². The van der Waals surface area contributed by atoms with E-state index >= 15 is 0 Å². The molecule has 0 unspecified atom stereocenters. The van der Waals surface area contributed by atoms with Gasteiger partial charge in [-0.1, -0.05) is 24.3 Å². The first-order chi connectivity index (χ1) is 9.61. The number of carbonyl (C=O) groups excluding carboxylic acids is 1. The maximum absolute atomic E-state index is 12.2. The van der Waals surface area contributed by atoms with Gasteiger partial charge in [0.2, 0.25) is 5.78 Å². The lowest BCUT2D eigenvalue weighted by Crippen LogP contribution is -2.13. The first-order valence-electron chi connectivity index (χ1n) is 6.48. The largest absolute Gasteiger partial charge is 0.496 e. The van der Waals surface area contributed by atoms with Crippen LogP contribution in [0.5, 0.6) is 11.5 Å². The van der Waals surface area contributed by atoms with Crippen LogP contribution < -0.4 is 9.47 Å². The summed E-state index contributed by atoms with van der Waals surface area (Å²) in [4.78, 5) is 12.2. The molecule has 0 saturated carbocycles. The molecule has 2 aromatic carbocycles. The number of Topliss-reactive ketones (excluding diaryl/α,β-unsaturated/α-hetero) is 1. The summed E-state index contributed by atoms with van der Waals surface area (Å²) < 4.78 is 10.8. The number of hydrogen-bond acceptors (Lipinski definition) is 3. The highest BCUT2D eigenvalue weighted by molar-refractivity contribution is 5.99. The molecule has 3 heteroatoms. The van der Waals surface area contributed by atoms with Crippen molar-refractivity contribution in [1.29, 1.82) is 0 Å². The number of hydrogen-bond donors (Lipinski definition) is 0. The normalized spacial score (nSPS) is 10.2. The Labute approximate surface area is 119 Å². The quantitative estimate of drug-likeness (QED) is 0.779. The fourth-order valence-corrected chi connectivity index (χ4v) is 1.97. The van der Waals surface area contributed by atoms with Gasteiger partial charge < -0.3 is 9.47 Å². The molecule has 2 aromatic rings. The fraction of sp³-hybridized carbons (Fsp3) is 0.235. The molecule has 20 heavy (non-hydrogen) atoms. The standard InChI is InChI=1S/C17H18O3/c1-12-8-9-14(17(10-12)19-3)15(18)11-20-16-7-5-4-6-13(16)2/h4-10H,11H2,1-3H3. The Hall–Kier alpha value is -2.29. The topological polar surface area (TPSA) is 35.5 Å². The number of methoxy groups -OCH3 is 1. The van der Waals surface area contributed by atoms with E-state index in [0.717, 1.165) is 16.9 Å². The van der Waals surface area contributed by atoms with Crippen LogP contribution in [-0.4, -0.2) is 19.5 Å². The van der Waals surface area contributed by atoms with E-state index in [1.807, 2.05) is 50.2 Å². The summed E-state index contributed by atoms with van der Waals surface area (Å²) in [5.41, 5.74) is 2.61. The number of rotatable bonds is 5. The van der Waals surface area contributed by atoms with Crippen molar-refractivity contribution in [2.24, 2.45) is 0 Å². The van der Waals surface area contributed by atoms with Crippen LogP contribution in [0.1, 0.15) is 21.5 Å². The third-order valence-electron chi connectivity index (χ3n) is 3.11. The fourth-order valence-electron chi connectivity index (χ4n) is 1.97. The third-order valence-corrected chi connectivity index (χ3v) is 3.11. The Morgan fingerprint density at radius 2 is 1.80 bits per heavy atom. The minimum Gasteiger partial charge on any atom is -0.496 e. The molecule has 0 aliphatic rings. The van der Waals surface area contributed by atoms with E-state index in [1.165, 1.54) is 0 Å². The van der Waals surface area contributed by atoms with Crippen LogP contribution >= 0.6 is 0 Å². The molecular weight excluding hydrogens is 252 g/mol. The van der Waals surface area contributed by atoms with Crippen molar-refractivity contribution in [3.8, 4) is 11.5 Å². The lowest BCUT2D eigenvalue weighted by atomic mass is 10.1. The van der Waals surface area contributed by atoms with Gasteiger partial charge in [0, 0.05) is 0 Å². The summed E-state index contributed by atoms with van der Waals surface area (Å²) in [6.45, 7) is 3.91. The molecule has 0 spiro atoms. The Bertz CT molecular complexity index is 617. The summed E-state index contributed by atoms with van der Waals surface area (Å²) in [6.07, 6.45) is 0. The van der Waals surface area contributed by atoms with Crippen LogP contribution in [0, 0.1) is 13.8 Å². The number of aryl methyl sites for hydroxylation is 2. The molecule has 0 heterocycles. The lowest BCUT2D eigenvalue weighted by Gasteiger charge is -2.11. The Morgan fingerprint density at radius 3 is 2.50 bits per heavy atom. The molecule has 104 valence electrons. The van der Waals surface area contributed by atoms with Gasteiger partial charge in [-0.25, -0.2) is 0 Å². The molecule has 0 bridgehead atoms. The zero-order valence-electron chi connectivity index (χ0n) is 12.0. The van der Waals surface area contributed by atoms with Crippen molar-refractivity contribution >= 4 is 5.78 Å². The second-order valence-corrected chi connectivity index (χ2v) is 4.68. The maximum Gasteiger partial charge on any atom is 0.203 e. The molecule has 0 N–H and O–H groups in total. The van der Waals surface area contributed by atoms with E-state index in [2.05, 4.69) is 0 Å². The first kappa shape index (κ1) is 14.1. The molecular formula is C17H18O3. The summed E-state index contributed by atoms with van der Waals surface area (Å²) in [5.74, 6) is 1.22. The SMILES string of the molecule is COc1cc(C)ccc1C(=O)COc1ccccc1C. The molecule has 2 rings (SSSR count). The smallest absolute Gasteiger partial charge is 0.203 e. The monoisotopic (exact) mass is 270 g/mol. The minimum atomic E-state index is -0.0925. The minimum absolute atomic E-state index is 0.00424. The van der Waals surface area contributed by atoms with E-state index in [0.29, 0.717) is 11.3 Å². The van der Waals surface area contributed by atoms with E-state index in [1.54, 1.807) is 13.2 Å². The summed E-state index contributed by atoms with van der Waals surface area (Å²) in [6, 6.07) is 13.1. The van der Waals surface area contributed by atoms with Gasteiger partial charge in [-0.2, -0.15) is 0 Å². The lowest BCUT2D eigenvalue weighted by molar-refractivity contribution is 0.0918. The molecule has 0 radical (unpaired) electrons. The second kappa shape index (κ2) is 6.24. The van der Waals surface area contributed by atoms with Crippen molar-refractivity contribution in [1.82, 2.24) is 0 Å². The highest BCUT2D eigenvalue weighted by Crippen LogP contribution is 2.21. The van der Waals surface area contributed by atoms with Crippen molar-refractivity contribution < 1.29 is 14.3 Å². The van der Waals surface area contributed by atoms with Crippen molar-refractivity contribution in [3.05, 3.63) is 59.2 Å². The van der Waals surface area contributed by atoms with Gasteiger partial charge in [0.15, 0.2) is 6.61 Å². The van der Waals surface area contributed by atoms with Crippen molar-refractivity contribution in [3.63, 3.8) is 0 Å². The number of para-hydroxylation sites is 1. The zero-order valence-corrected chi connectivity index (χ0v) is 12.0. The van der Waals surface area contributed by atoms with Crippen LogP contribution in [0.3, 0.4) is 0 Å². The third kappa shape index (κ3) is 3.18. The van der Waals surface area contributed by atoms with Crippen LogP contribution in [0.2, 0.25) is 0 Å². The van der Waals surface area contributed by atoms with Crippen LogP contribution in [0.25, 0.3) is 0 Å². The Balaban J connectivity index is 2.11. The molecule has 0 atom stereocenters. The van der Waals surface area contributed by atoms with Gasteiger partial charge in [-0.3, -0.25) is 4.79 Å². The molecule has 0 aliphatic carbocycles. The number of benzene rings is 2. The van der Waals surface area contributed by atoms with Gasteiger partial charge >= 0.3 is 0 Å². The van der Waals surface area contributed by atoms with Crippen molar-refractivity contribution in [2.45, 2.75) is 13.8 Å². The molecule has 0 aliphatic heterocycles. The van der Waals surface area contributed by atoms with E-state index < -0.39 is 0 Å². The molecule has 0 fully saturated rings. The number of ketones is 1. The highest BCUT2D eigenvalue weighted by Gasteiger charge is 2.13. The van der Waals surface area contributed by atoms with Gasteiger partial charge in [-0.05, 0) is 43.2 Å². The van der Waals surface area contributed by atoms with Gasteiger partial charge in [0.05, 0.1) is 12.7 Å². The predicted octanol–water partition coefficient (Wildman–Crippen LogP) is 3.57. The van der Waals surface area contributed by atoms with E-state index in [4.69, 9.17) is 9.47 Å². The average Bonchev–Trinajstić information content (AvgIpc) is 2.46. The molecule has 0 amide bonds. The van der Waals surface area contributed by atoms with E-state index in [9.17, 15) is 4.79 Å². The summed E-state index contributed by atoms with van der Waals surface area (Å²) in [5, 5.41) is 0. The van der Waals surface area contributed by atoms with E-state index in [-0.39, 0.29) is 12.4 Å². The summed E-state index contributed by atoms with van der Waals surface area (Å²) >= 11 is 0.